The van der Waals surface area contributed by atoms with Gasteiger partial charge in [0.15, 0.2) is 11.6 Å². The first-order valence-electron chi connectivity index (χ1n) is 10.6. The van der Waals surface area contributed by atoms with Crippen molar-refractivity contribution in [3.05, 3.63) is 30.3 Å². The Morgan fingerprint density at radius 2 is 1.71 bits per heavy atom. The Kier molecular flexibility index (Phi) is 5.49. The van der Waals surface area contributed by atoms with Crippen LogP contribution in [0.25, 0.3) is 11.0 Å². The highest BCUT2D eigenvalue weighted by Gasteiger charge is 2.31. The fraction of sp³-hybridized carbons (Fsp3) is 0.500. The lowest BCUT2D eigenvalue weighted by Gasteiger charge is -2.35. The Hall–Kier alpha value is -2.37. The van der Waals surface area contributed by atoms with E-state index < -0.39 is 10.0 Å². The zero-order chi connectivity index (χ0) is 21.4. The van der Waals surface area contributed by atoms with E-state index in [1.165, 1.54) is 23.6 Å². The molecule has 0 saturated carbocycles. The van der Waals surface area contributed by atoms with Crippen LogP contribution >= 0.6 is 11.7 Å². The highest BCUT2D eigenvalue weighted by atomic mass is 32.2. The van der Waals surface area contributed by atoms with Gasteiger partial charge in [-0.2, -0.15) is 13.1 Å². The fourth-order valence-corrected chi connectivity index (χ4v) is 6.54. The summed E-state index contributed by atoms with van der Waals surface area (Å²) in [4.78, 5) is 4.64. The Morgan fingerprint density at radius 3 is 2.45 bits per heavy atom. The minimum Gasteiger partial charge on any atom is -0.352 e. The summed E-state index contributed by atoms with van der Waals surface area (Å²) in [6, 6.07) is 9.62. The molecule has 2 fully saturated rings. The van der Waals surface area contributed by atoms with Crippen molar-refractivity contribution in [3.8, 4) is 0 Å². The maximum absolute atomic E-state index is 13.2. The summed E-state index contributed by atoms with van der Waals surface area (Å²) in [5.74, 6) is 1.71. The number of aromatic nitrogens is 4. The summed E-state index contributed by atoms with van der Waals surface area (Å²) in [6.45, 7) is 5.17. The van der Waals surface area contributed by atoms with E-state index in [1.807, 2.05) is 12.1 Å². The van der Waals surface area contributed by atoms with Gasteiger partial charge >= 0.3 is 0 Å². The van der Waals surface area contributed by atoms with Crippen molar-refractivity contribution in [2.75, 3.05) is 42.5 Å². The minimum atomic E-state index is -3.62. The molecule has 0 spiro atoms. The third kappa shape index (κ3) is 3.85. The molecule has 1 unspecified atom stereocenters. The highest BCUT2D eigenvalue weighted by molar-refractivity contribution is 7.89. The summed E-state index contributed by atoms with van der Waals surface area (Å²) in [6.07, 6.45) is 3.64. The Balaban J connectivity index is 1.27. The van der Waals surface area contributed by atoms with E-state index >= 15 is 0 Å². The zero-order valence-corrected chi connectivity index (χ0v) is 19.0. The van der Waals surface area contributed by atoms with E-state index in [4.69, 9.17) is 0 Å². The lowest BCUT2D eigenvalue weighted by atomic mass is 10.0. The molecule has 1 aromatic carbocycles. The predicted octanol–water partition coefficient (Wildman–Crippen LogP) is 2.37. The molecule has 2 aliphatic rings. The van der Waals surface area contributed by atoms with Gasteiger partial charge in [-0.25, -0.2) is 8.42 Å². The van der Waals surface area contributed by atoms with Crippen LogP contribution in [0.5, 0.6) is 0 Å². The van der Waals surface area contributed by atoms with Gasteiger partial charge in [-0.1, -0.05) is 6.07 Å². The standard InChI is InChI=1S/C20H25N7O2S2/c1-15-5-2-3-10-27(15)19-9-8-18(21-22-19)25-11-13-26(14-12-25)31(28,29)17-7-4-6-16-20(17)24-30-23-16/h4,6-9,15H,2-3,5,10-14H2,1H3. The van der Waals surface area contributed by atoms with E-state index in [0.717, 1.165) is 29.9 Å². The number of benzene rings is 1. The largest absolute Gasteiger partial charge is 0.352 e. The number of anilines is 2. The molecule has 5 rings (SSSR count). The van der Waals surface area contributed by atoms with Crippen LogP contribution in [0.1, 0.15) is 26.2 Å². The van der Waals surface area contributed by atoms with Crippen LogP contribution in [0.2, 0.25) is 0 Å². The summed E-state index contributed by atoms with van der Waals surface area (Å²) < 4.78 is 36.3. The Labute approximate surface area is 186 Å². The average Bonchev–Trinajstić information content (AvgIpc) is 3.29. The first-order valence-corrected chi connectivity index (χ1v) is 12.8. The average molecular weight is 460 g/mol. The van der Waals surface area contributed by atoms with Crippen LogP contribution < -0.4 is 9.80 Å². The van der Waals surface area contributed by atoms with E-state index in [9.17, 15) is 8.42 Å². The van der Waals surface area contributed by atoms with Gasteiger partial charge < -0.3 is 9.80 Å². The normalized spacial score (nSPS) is 21.0. The Bertz CT molecular complexity index is 1160. The second-order valence-electron chi connectivity index (χ2n) is 8.07. The van der Waals surface area contributed by atoms with Crippen molar-refractivity contribution >= 4 is 44.4 Å². The van der Waals surface area contributed by atoms with Gasteiger partial charge in [-0.05, 0) is 50.5 Å². The van der Waals surface area contributed by atoms with Gasteiger partial charge in [0.1, 0.15) is 15.9 Å². The summed E-state index contributed by atoms with van der Waals surface area (Å²) in [5, 5.41) is 8.90. The van der Waals surface area contributed by atoms with Gasteiger partial charge in [0.05, 0.1) is 11.7 Å². The molecule has 0 radical (unpaired) electrons. The summed E-state index contributed by atoms with van der Waals surface area (Å²) in [7, 11) is -3.62. The van der Waals surface area contributed by atoms with Crippen molar-refractivity contribution in [2.24, 2.45) is 0 Å². The van der Waals surface area contributed by atoms with Gasteiger partial charge in [0, 0.05) is 38.8 Å². The third-order valence-corrected chi connectivity index (χ3v) is 8.64. The van der Waals surface area contributed by atoms with E-state index in [0.29, 0.717) is 43.3 Å². The monoisotopic (exact) mass is 459 g/mol. The molecule has 3 aromatic rings. The number of fused-ring (bicyclic) bond motifs is 1. The van der Waals surface area contributed by atoms with Crippen molar-refractivity contribution in [1.29, 1.82) is 0 Å². The van der Waals surface area contributed by atoms with Gasteiger partial charge in [0.25, 0.3) is 0 Å². The van der Waals surface area contributed by atoms with Crippen LogP contribution in [0.3, 0.4) is 0 Å². The van der Waals surface area contributed by atoms with E-state index in [-0.39, 0.29) is 4.90 Å². The van der Waals surface area contributed by atoms with Crippen LogP contribution in [0, 0.1) is 0 Å². The lowest BCUT2D eigenvalue weighted by molar-refractivity contribution is 0.384. The van der Waals surface area contributed by atoms with Crippen molar-refractivity contribution < 1.29 is 8.42 Å². The van der Waals surface area contributed by atoms with Gasteiger partial charge in [-0.3, -0.25) is 0 Å². The molecule has 31 heavy (non-hydrogen) atoms. The molecule has 11 heteroatoms. The van der Waals surface area contributed by atoms with Gasteiger partial charge in [0.2, 0.25) is 10.0 Å². The summed E-state index contributed by atoms with van der Waals surface area (Å²) >= 11 is 1.03. The van der Waals surface area contributed by atoms with Crippen molar-refractivity contribution in [3.63, 3.8) is 0 Å². The van der Waals surface area contributed by atoms with Crippen LogP contribution in [0.15, 0.2) is 35.2 Å². The minimum absolute atomic E-state index is 0.229. The quantitative estimate of drug-likeness (QED) is 0.587. The molecule has 0 bridgehead atoms. The highest BCUT2D eigenvalue weighted by Crippen LogP contribution is 2.27. The number of piperazine rings is 1. The first kappa shape index (κ1) is 20.5. The Morgan fingerprint density at radius 1 is 0.935 bits per heavy atom. The number of hydrogen-bond donors (Lipinski definition) is 0. The molecule has 164 valence electrons. The van der Waals surface area contributed by atoms with Gasteiger partial charge in [-0.15, -0.1) is 10.2 Å². The third-order valence-electron chi connectivity index (χ3n) is 6.16. The summed E-state index contributed by atoms with van der Waals surface area (Å²) in [5.41, 5.74) is 1.06. The van der Waals surface area contributed by atoms with Crippen LogP contribution in [-0.2, 0) is 10.0 Å². The predicted molar refractivity (Wildman–Crippen MR) is 121 cm³/mol. The first-order chi connectivity index (χ1) is 15.0. The molecule has 4 heterocycles. The number of hydrogen-bond acceptors (Lipinski definition) is 9. The number of piperidine rings is 1. The molecule has 2 saturated heterocycles. The zero-order valence-electron chi connectivity index (χ0n) is 17.4. The lowest BCUT2D eigenvalue weighted by Crippen LogP contribution is -2.49. The van der Waals surface area contributed by atoms with Crippen molar-refractivity contribution in [1.82, 2.24) is 23.2 Å². The molecule has 2 aromatic heterocycles. The molecule has 0 N–H and O–H groups in total. The van der Waals surface area contributed by atoms with Crippen LogP contribution in [0.4, 0.5) is 11.6 Å². The number of rotatable bonds is 4. The van der Waals surface area contributed by atoms with E-state index in [2.05, 4.69) is 35.7 Å². The molecule has 2 aliphatic heterocycles. The SMILES string of the molecule is CC1CCCCN1c1ccc(N2CCN(S(=O)(=O)c3cccc4nsnc34)CC2)nn1. The fourth-order valence-electron chi connectivity index (χ4n) is 4.36. The maximum Gasteiger partial charge on any atom is 0.245 e. The number of nitrogens with zero attached hydrogens (tertiary/aromatic N) is 7. The molecule has 1 atom stereocenters. The second kappa shape index (κ2) is 8.29. The van der Waals surface area contributed by atoms with E-state index in [1.54, 1.807) is 18.2 Å². The maximum atomic E-state index is 13.2. The number of sulfonamides is 1. The van der Waals surface area contributed by atoms with Crippen LogP contribution in [-0.4, -0.2) is 70.4 Å². The molecule has 0 amide bonds. The topological polar surface area (TPSA) is 95.4 Å². The molecule has 0 aliphatic carbocycles. The smallest absolute Gasteiger partial charge is 0.245 e. The molecular formula is C20H25N7O2S2. The molecule has 9 nitrogen and oxygen atoms in total. The second-order valence-corrected chi connectivity index (χ2v) is 10.5. The molecular weight excluding hydrogens is 434 g/mol. The van der Waals surface area contributed by atoms with Crippen molar-refractivity contribution in [2.45, 2.75) is 37.1 Å².